The van der Waals surface area contributed by atoms with E-state index in [-0.39, 0.29) is 33.9 Å². The molecule has 0 radical (unpaired) electrons. The van der Waals surface area contributed by atoms with Crippen LogP contribution in [0.1, 0.15) is 46.0 Å². The number of rotatable bonds is 1. The number of fused-ring (bicyclic) bond motifs is 2. The molecule has 0 aromatic carbocycles. The highest BCUT2D eigenvalue weighted by Crippen LogP contribution is 2.84. The second-order valence-electron chi connectivity index (χ2n) is 11.2. The molecule has 5 nitrogen and oxygen atoms in total. The first-order valence-electron chi connectivity index (χ1n) is 11.0. The van der Waals surface area contributed by atoms with E-state index in [4.69, 9.17) is 0 Å². The van der Waals surface area contributed by atoms with E-state index in [1.807, 2.05) is 6.92 Å². The number of likely N-dealkylation sites (tertiary alicyclic amines) is 1. The average molecular weight is 376 g/mol. The fraction of sp³-hybridized carbons (Fsp3) is 0.909. The number of aliphatic hydroxyl groups is 3. The third-order valence-corrected chi connectivity index (χ3v) is 10.9. The molecule has 12 atom stereocenters. The average Bonchev–Trinajstić information content (AvgIpc) is 3.10. The lowest BCUT2D eigenvalue weighted by Crippen LogP contribution is -2.75. The van der Waals surface area contributed by atoms with Gasteiger partial charge in [-0.3, -0.25) is 0 Å². The zero-order valence-corrected chi connectivity index (χ0v) is 16.5. The fourth-order valence-electron chi connectivity index (χ4n) is 10.3. The van der Waals surface area contributed by atoms with Crippen molar-refractivity contribution in [2.75, 3.05) is 13.1 Å². The molecule has 6 saturated carbocycles. The predicted octanol–water partition coefficient (Wildman–Crippen LogP) is 1.80. The van der Waals surface area contributed by atoms with Crippen molar-refractivity contribution in [3.8, 4) is 0 Å². The Morgan fingerprint density at radius 3 is 2.67 bits per heavy atom. The third kappa shape index (κ3) is 1.46. The molecule has 0 amide bonds. The quantitative estimate of drug-likeness (QED) is 0.371. The lowest BCUT2D eigenvalue weighted by molar-refractivity contribution is -0.927. The van der Waals surface area contributed by atoms with Gasteiger partial charge in [-0.25, -0.2) is 0 Å². The Bertz CT molecular complexity index is 742. The summed E-state index contributed by atoms with van der Waals surface area (Å²) in [4.78, 5) is 0. The molecule has 7 rings (SSSR count). The monoisotopic (exact) mass is 375 g/mol. The van der Waals surface area contributed by atoms with Crippen molar-refractivity contribution in [2.24, 2.45) is 39.9 Å². The minimum absolute atomic E-state index is 0.0672. The number of nitrogens with zero attached hydrogens (tertiary/aromatic N) is 1. The summed E-state index contributed by atoms with van der Waals surface area (Å²) in [5, 5.41) is 48.6. The van der Waals surface area contributed by atoms with Gasteiger partial charge < -0.3 is 25.2 Å². The van der Waals surface area contributed by atoms with Gasteiger partial charge in [0, 0.05) is 28.6 Å². The molecule has 7 bridgehead atoms. The molecule has 150 valence electrons. The van der Waals surface area contributed by atoms with Crippen molar-refractivity contribution in [1.82, 2.24) is 0 Å². The van der Waals surface area contributed by atoms with E-state index in [1.54, 1.807) is 0 Å². The van der Waals surface area contributed by atoms with Crippen LogP contribution < -0.4 is 0 Å². The Balaban J connectivity index is 1.65. The molecule has 3 N–H and O–H groups in total. The molecule has 1 saturated heterocycles. The van der Waals surface area contributed by atoms with Gasteiger partial charge in [0.05, 0.1) is 36.8 Å². The van der Waals surface area contributed by atoms with E-state index in [2.05, 4.69) is 13.5 Å². The van der Waals surface area contributed by atoms with E-state index in [0.29, 0.717) is 19.0 Å². The van der Waals surface area contributed by atoms with Gasteiger partial charge in [-0.1, -0.05) is 13.5 Å². The van der Waals surface area contributed by atoms with Crippen LogP contribution in [0.25, 0.3) is 0 Å². The first-order valence-corrected chi connectivity index (χ1v) is 11.0. The lowest BCUT2D eigenvalue weighted by Gasteiger charge is -2.70. The van der Waals surface area contributed by atoms with E-state index >= 15 is 0 Å². The van der Waals surface area contributed by atoms with Crippen molar-refractivity contribution in [3.05, 3.63) is 17.4 Å². The van der Waals surface area contributed by atoms with Crippen molar-refractivity contribution in [1.29, 1.82) is 0 Å². The van der Waals surface area contributed by atoms with Gasteiger partial charge in [0.1, 0.15) is 6.04 Å². The SMILES string of the molecule is C=C1C2CCC3(C1O)C1CC4C5(C)CCC(O)C4(C3C2O)C1[N+]([O-])(CC)C5. The molecule has 12 unspecified atom stereocenters. The lowest BCUT2D eigenvalue weighted by atomic mass is 9.38. The van der Waals surface area contributed by atoms with Gasteiger partial charge in [-0.05, 0) is 50.5 Å². The molecule has 7 fully saturated rings. The van der Waals surface area contributed by atoms with Crippen LogP contribution in [0.4, 0.5) is 0 Å². The van der Waals surface area contributed by atoms with Gasteiger partial charge in [-0.15, -0.1) is 0 Å². The maximum absolute atomic E-state index is 14.3. The topological polar surface area (TPSA) is 83.8 Å². The standard InChI is InChI=1S/C22H33NO4/c1-4-23(27)10-20(3)7-6-15(24)22-14(20)9-13(18(22)23)21-8-5-12(11(2)19(21)26)16(25)17(21)22/h12-19,24-26H,2,4-10H2,1,3H3. The number of hydrogen-bond donors (Lipinski definition) is 3. The van der Waals surface area contributed by atoms with Crippen molar-refractivity contribution < 1.29 is 20.0 Å². The molecular formula is C22H33NO4. The summed E-state index contributed by atoms with van der Waals surface area (Å²) >= 11 is 0. The minimum Gasteiger partial charge on any atom is -0.633 e. The Hall–Kier alpha value is -0.460. The Labute approximate surface area is 161 Å². The summed E-state index contributed by atoms with van der Waals surface area (Å²) in [7, 11) is 0. The highest BCUT2D eigenvalue weighted by molar-refractivity contribution is 5.38. The largest absolute Gasteiger partial charge is 0.633 e. The fourth-order valence-corrected chi connectivity index (χ4v) is 10.3. The molecule has 0 aromatic rings. The first-order chi connectivity index (χ1) is 12.7. The summed E-state index contributed by atoms with van der Waals surface area (Å²) in [5.41, 5.74) is -0.286. The number of aliphatic hydroxyl groups excluding tert-OH is 3. The number of hydrogen-bond acceptors (Lipinski definition) is 4. The second kappa shape index (κ2) is 4.65. The minimum atomic E-state index is -0.638. The molecule has 0 aromatic heterocycles. The highest BCUT2D eigenvalue weighted by Gasteiger charge is 2.88. The normalized spacial score (nSPS) is 68.3. The van der Waals surface area contributed by atoms with Crippen molar-refractivity contribution >= 4 is 0 Å². The van der Waals surface area contributed by atoms with Crippen LogP contribution in [-0.4, -0.2) is 57.4 Å². The molecular weight excluding hydrogens is 342 g/mol. The molecule has 1 heterocycles. The predicted molar refractivity (Wildman–Crippen MR) is 100 cm³/mol. The van der Waals surface area contributed by atoms with Crippen LogP contribution in [0.2, 0.25) is 0 Å². The van der Waals surface area contributed by atoms with Gasteiger partial charge in [0.25, 0.3) is 0 Å². The van der Waals surface area contributed by atoms with Crippen LogP contribution in [0.5, 0.6) is 0 Å². The molecule has 7 aliphatic rings. The second-order valence-corrected chi connectivity index (χ2v) is 11.2. The third-order valence-electron chi connectivity index (χ3n) is 10.9. The van der Waals surface area contributed by atoms with Crippen LogP contribution in [-0.2, 0) is 0 Å². The Morgan fingerprint density at radius 2 is 1.96 bits per heavy atom. The first kappa shape index (κ1) is 17.4. The van der Waals surface area contributed by atoms with Gasteiger partial charge in [0.15, 0.2) is 0 Å². The maximum atomic E-state index is 14.3. The van der Waals surface area contributed by atoms with E-state index in [9.17, 15) is 20.5 Å². The molecule has 1 aliphatic heterocycles. The van der Waals surface area contributed by atoms with Crippen molar-refractivity contribution in [3.63, 3.8) is 0 Å². The number of quaternary nitrogens is 1. The zero-order chi connectivity index (χ0) is 19.1. The highest BCUT2D eigenvalue weighted by atomic mass is 16.5. The summed E-state index contributed by atoms with van der Waals surface area (Å²) in [5.74, 6) is 0.130. The van der Waals surface area contributed by atoms with Gasteiger partial charge >= 0.3 is 0 Å². The smallest absolute Gasteiger partial charge is 0.101 e. The van der Waals surface area contributed by atoms with Crippen molar-refractivity contribution in [2.45, 2.75) is 70.3 Å². The van der Waals surface area contributed by atoms with Crippen LogP contribution in [0, 0.1) is 45.1 Å². The summed E-state index contributed by atoms with van der Waals surface area (Å²) in [6, 6.07) is -0.185. The molecule has 2 spiro atoms. The van der Waals surface area contributed by atoms with Gasteiger partial charge in [-0.2, -0.15) is 0 Å². The van der Waals surface area contributed by atoms with Crippen LogP contribution in [0.3, 0.4) is 0 Å². The van der Waals surface area contributed by atoms with Crippen LogP contribution >= 0.6 is 0 Å². The Kier molecular flexibility index (Phi) is 2.99. The Morgan fingerprint density at radius 1 is 1.22 bits per heavy atom. The van der Waals surface area contributed by atoms with Crippen LogP contribution in [0.15, 0.2) is 12.2 Å². The van der Waals surface area contributed by atoms with Gasteiger partial charge in [0.2, 0.25) is 0 Å². The number of hydroxylamine groups is 3. The maximum Gasteiger partial charge on any atom is 0.101 e. The van der Waals surface area contributed by atoms with E-state index in [1.165, 1.54) is 0 Å². The molecule has 5 heteroatoms. The number of piperidine rings is 1. The summed E-state index contributed by atoms with van der Waals surface area (Å²) in [6.07, 6.45) is 2.52. The van der Waals surface area contributed by atoms with E-state index in [0.717, 1.165) is 37.7 Å². The van der Waals surface area contributed by atoms with E-state index < -0.39 is 29.1 Å². The molecule has 6 aliphatic carbocycles. The zero-order valence-electron chi connectivity index (χ0n) is 16.5. The summed E-state index contributed by atoms with van der Waals surface area (Å²) < 4.78 is -0.246. The molecule has 27 heavy (non-hydrogen) atoms. The summed E-state index contributed by atoms with van der Waals surface area (Å²) in [6.45, 7) is 9.55.